The van der Waals surface area contributed by atoms with E-state index in [-0.39, 0.29) is 42.3 Å². The Hall–Kier alpha value is -3.07. The summed E-state index contributed by atoms with van der Waals surface area (Å²) in [5.41, 5.74) is 7.58. The molecule has 0 spiro atoms. The highest BCUT2D eigenvalue weighted by Gasteiger charge is 2.22. The second-order valence-corrected chi connectivity index (χ2v) is 7.56. The number of Topliss-reactive ketones (excluding diaryl/α,β-unsaturated/α-hetero) is 1. The second-order valence-electron chi connectivity index (χ2n) is 7.56. The van der Waals surface area contributed by atoms with Gasteiger partial charge in [-0.15, -0.1) is 24.8 Å². The molecule has 1 aliphatic heterocycles. The van der Waals surface area contributed by atoms with Crippen molar-refractivity contribution in [1.82, 2.24) is 5.32 Å². The number of carboxylic acid groups (broad SMARTS) is 1. The largest absolute Gasteiger partial charge is 0.489 e. The lowest BCUT2D eigenvalue weighted by molar-refractivity contribution is -0.131. The molecule has 1 fully saturated rings. The Morgan fingerprint density at radius 1 is 1.15 bits per heavy atom. The number of aliphatic carboxylic acids is 1. The average Bonchev–Trinajstić information content (AvgIpc) is 3.40. The van der Waals surface area contributed by atoms with Gasteiger partial charge in [-0.1, -0.05) is 6.07 Å². The Bertz CT molecular complexity index is 1170. The van der Waals surface area contributed by atoms with Crippen LogP contribution in [0.4, 0.5) is 0 Å². The number of ketones is 1. The Balaban J connectivity index is 0.00000193. The van der Waals surface area contributed by atoms with Crippen molar-refractivity contribution in [1.29, 1.82) is 5.41 Å². The minimum atomic E-state index is -1.50. The number of halogens is 2. The van der Waals surface area contributed by atoms with Crippen molar-refractivity contribution >= 4 is 53.4 Å². The summed E-state index contributed by atoms with van der Waals surface area (Å²) in [6.07, 6.45) is 1.78. The summed E-state index contributed by atoms with van der Waals surface area (Å²) in [4.78, 5) is 23.6. The van der Waals surface area contributed by atoms with E-state index >= 15 is 0 Å². The predicted octanol–water partition coefficient (Wildman–Crippen LogP) is 3.35. The maximum absolute atomic E-state index is 12.3. The molecule has 1 aromatic heterocycles. The van der Waals surface area contributed by atoms with E-state index in [2.05, 4.69) is 5.32 Å². The van der Waals surface area contributed by atoms with Gasteiger partial charge >= 0.3 is 5.97 Å². The molecule has 3 aromatic rings. The van der Waals surface area contributed by atoms with Crippen LogP contribution in [0.2, 0.25) is 0 Å². The zero-order chi connectivity index (χ0) is 22.0. The van der Waals surface area contributed by atoms with Crippen molar-refractivity contribution in [2.75, 3.05) is 13.1 Å². The number of furan rings is 1. The Kier molecular flexibility index (Phi) is 8.87. The number of benzene rings is 2. The van der Waals surface area contributed by atoms with E-state index in [9.17, 15) is 14.7 Å². The van der Waals surface area contributed by atoms with Gasteiger partial charge in [-0.05, 0) is 61.3 Å². The van der Waals surface area contributed by atoms with Gasteiger partial charge in [0.1, 0.15) is 29.0 Å². The van der Waals surface area contributed by atoms with Crippen molar-refractivity contribution < 1.29 is 23.8 Å². The first-order valence-corrected chi connectivity index (χ1v) is 10.1. The first-order chi connectivity index (χ1) is 14.9. The van der Waals surface area contributed by atoms with Gasteiger partial charge in [0.15, 0.2) is 0 Å². The van der Waals surface area contributed by atoms with Crippen molar-refractivity contribution in [3.8, 4) is 5.75 Å². The molecule has 4 rings (SSSR count). The average molecular weight is 494 g/mol. The first-order valence-electron chi connectivity index (χ1n) is 10.1. The normalized spacial score (nSPS) is 14.8. The van der Waals surface area contributed by atoms with Gasteiger partial charge in [-0.3, -0.25) is 10.2 Å². The number of carbonyl (C=O) groups is 2. The number of amidine groups is 1. The van der Waals surface area contributed by atoms with Crippen molar-refractivity contribution in [3.63, 3.8) is 0 Å². The molecule has 0 aliphatic carbocycles. The number of nitrogens with two attached hydrogens (primary N) is 1. The summed E-state index contributed by atoms with van der Waals surface area (Å²) in [5.74, 6) is -1.29. The van der Waals surface area contributed by atoms with Crippen molar-refractivity contribution in [2.45, 2.75) is 25.4 Å². The summed E-state index contributed by atoms with van der Waals surface area (Å²) >= 11 is 0. The fraction of sp³-hybridized carbons (Fsp3) is 0.261. The minimum Gasteiger partial charge on any atom is -0.489 e. The van der Waals surface area contributed by atoms with Gasteiger partial charge in [0.2, 0.25) is 0 Å². The van der Waals surface area contributed by atoms with Crippen LogP contribution in [-0.2, 0) is 17.6 Å². The molecular weight excluding hydrogens is 469 g/mol. The summed E-state index contributed by atoms with van der Waals surface area (Å²) in [5, 5.41) is 20.8. The van der Waals surface area contributed by atoms with Gasteiger partial charge in [-0.25, -0.2) is 4.79 Å². The molecule has 0 saturated carbocycles. The molecule has 1 atom stereocenters. The van der Waals surface area contributed by atoms with Crippen LogP contribution < -0.4 is 15.8 Å². The minimum absolute atomic E-state index is 0. The third kappa shape index (κ3) is 6.04. The van der Waals surface area contributed by atoms with Crippen LogP contribution >= 0.6 is 24.8 Å². The van der Waals surface area contributed by atoms with Gasteiger partial charge in [0.25, 0.3) is 5.78 Å². The third-order valence-corrected chi connectivity index (χ3v) is 5.36. The lowest BCUT2D eigenvalue weighted by Gasteiger charge is -2.14. The van der Waals surface area contributed by atoms with Gasteiger partial charge in [0, 0.05) is 29.5 Å². The molecule has 5 N–H and O–H groups in total. The molecule has 2 aromatic carbocycles. The highest BCUT2D eigenvalue weighted by Crippen LogP contribution is 2.25. The number of ether oxygens (including phenoxy) is 1. The number of fused-ring (bicyclic) bond motifs is 1. The van der Waals surface area contributed by atoms with Crippen LogP contribution in [0.3, 0.4) is 0 Å². The van der Waals surface area contributed by atoms with Crippen LogP contribution in [0.5, 0.6) is 5.75 Å². The molecule has 1 saturated heterocycles. The van der Waals surface area contributed by atoms with Gasteiger partial charge < -0.3 is 25.3 Å². The molecule has 176 valence electrons. The molecule has 33 heavy (non-hydrogen) atoms. The Labute approximate surface area is 202 Å². The second kappa shape index (κ2) is 11.2. The molecular formula is C23H25Cl2N3O5. The van der Waals surface area contributed by atoms with E-state index in [0.717, 1.165) is 24.9 Å². The SMILES string of the molecule is Cl.Cl.N=C(N)c1ccc2oc(CCc3ccc(O[C@H]4CCNC4)cc3C(=O)C(=O)O)cc2c1. The lowest BCUT2D eigenvalue weighted by Crippen LogP contribution is -2.20. The number of hydrogen-bond acceptors (Lipinski definition) is 6. The van der Waals surface area contributed by atoms with E-state index in [1.165, 1.54) is 6.07 Å². The van der Waals surface area contributed by atoms with Crippen molar-refractivity contribution in [2.24, 2.45) is 5.73 Å². The first kappa shape index (κ1) is 26.2. The zero-order valence-corrected chi connectivity index (χ0v) is 19.3. The zero-order valence-electron chi connectivity index (χ0n) is 17.6. The highest BCUT2D eigenvalue weighted by molar-refractivity contribution is 6.40. The fourth-order valence-electron chi connectivity index (χ4n) is 3.74. The molecule has 2 heterocycles. The number of aryl methyl sites for hydroxylation is 2. The summed E-state index contributed by atoms with van der Waals surface area (Å²) in [6, 6.07) is 12.2. The molecule has 8 nitrogen and oxygen atoms in total. The molecule has 0 bridgehead atoms. The lowest BCUT2D eigenvalue weighted by atomic mass is 9.98. The topological polar surface area (TPSA) is 139 Å². The maximum atomic E-state index is 12.3. The van der Waals surface area contributed by atoms with E-state index in [1.54, 1.807) is 30.3 Å². The summed E-state index contributed by atoms with van der Waals surface area (Å²) in [6.45, 7) is 1.59. The van der Waals surface area contributed by atoms with Crippen LogP contribution in [-0.4, -0.2) is 41.9 Å². The van der Waals surface area contributed by atoms with Crippen molar-refractivity contribution in [3.05, 3.63) is 64.9 Å². The Morgan fingerprint density at radius 3 is 2.61 bits per heavy atom. The number of carboxylic acids is 1. The van der Waals surface area contributed by atoms with E-state index in [0.29, 0.717) is 41.1 Å². The summed E-state index contributed by atoms with van der Waals surface area (Å²) in [7, 11) is 0. The quantitative estimate of drug-likeness (QED) is 0.163. The summed E-state index contributed by atoms with van der Waals surface area (Å²) < 4.78 is 11.7. The van der Waals surface area contributed by atoms with Crippen LogP contribution in [0.1, 0.15) is 33.7 Å². The number of rotatable bonds is 8. The van der Waals surface area contributed by atoms with E-state index in [4.69, 9.17) is 20.3 Å². The molecule has 0 radical (unpaired) electrons. The van der Waals surface area contributed by atoms with Gasteiger partial charge in [-0.2, -0.15) is 0 Å². The molecule has 0 unspecified atom stereocenters. The third-order valence-electron chi connectivity index (χ3n) is 5.36. The smallest absolute Gasteiger partial charge is 0.377 e. The highest BCUT2D eigenvalue weighted by atomic mass is 35.5. The maximum Gasteiger partial charge on any atom is 0.377 e. The number of nitrogens with one attached hydrogen (secondary N) is 2. The van der Waals surface area contributed by atoms with Crippen LogP contribution in [0, 0.1) is 5.41 Å². The molecule has 0 amide bonds. The van der Waals surface area contributed by atoms with Crippen LogP contribution in [0.25, 0.3) is 11.0 Å². The van der Waals surface area contributed by atoms with Crippen LogP contribution in [0.15, 0.2) is 46.9 Å². The standard InChI is InChI=1S/C23H23N3O5.2ClH/c24-22(25)14-3-6-20-15(9-14)10-16(31-20)4-1-13-2-5-17(30-18-7-8-26-12-18)11-19(13)21(27)23(28)29;;/h2-3,5-6,9-11,18,26H,1,4,7-8,12H2,(H3,24,25)(H,28,29);2*1H/t18-;;/m0../s1. The monoisotopic (exact) mass is 493 g/mol. The fourth-order valence-corrected chi connectivity index (χ4v) is 3.74. The molecule has 1 aliphatic rings. The molecule has 10 heteroatoms. The number of carbonyl (C=O) groups excluding carboxylic acids is 1. The predicted molar refractivity (Wildman–Crippen MR) is 129 cm³/mol. The Morgan fingerprint density at radius 2 is 1.94 bits per heavy atom. The number of nitrogen functional groups attached to an aromatic ring is 1. The van der Waals surface area contributed by atoms with E-state index < -0.39 is 11.8 Å². The van der Waals surface area contributed by atoms with E-state index in [1.807, 2.05) is 6.07 Å². The number of hydrogen-bond donors (Lipinski definition) is 4. The van der Waals surface area contributed by atoms with Gasteiger partial charge in [0.05, 0.1) is 0 Å².